The predicted molar refractivity (Wildman–Crippen MR) is 124 cm³/mol. The van der Waals surface area contributed by atoms with Gasteiger partial charge in [0.2, 0.25) is 5.91 Å². The highest BCUT2D eigenvalue weighted by Crippen LogP contribution is 2.23. The number of piperidine rings is 2. The summed E-state index contributed by atoms with van der Waals surface area (Å²) in [6.07, 6.45) is 5.18. The van der Waals surface area contributed by atoms with Crippen molar-refractivity contribution in [3.8, 4) is 0 Å². The first-order valence-corrected chi connectivity index (χ1v) is 11.9. The summed E-state index contributed by atoms with van der Waals surface area (Å²) in [5, 5.41) is 3.15. The van der Waals surface area contributed by atoms with E-state index >= 15 is 0 Å². The molecular weight excluding hydrogens is 394 g/mol. The fourth-order valence-corrected chi connectivity index (χ4v) is 4.92. The van der Waals surface area contributed by atoms with Gasteiger partial charge in [0.05, 0.1) is 5.92 Å². The van der Waals surface area contributed by atoms with Crippen molar-refractivity contribution in [1.29, 1.82) is 0 Å². The summed E-state index contributed by atoms with van der Waals surface area (Å²) >= 11 is 0. The molecule has 31 heavy (non-hydrogen) atoms. The Hall–Kier alpha value is -2.09. The lowest BCUT2D eigenvalue weighted by Crippen LogP contribution is -2.47. The number of hydrogen-bond acceptors (Lipinski definition) is 5. The van der Waals surface area contributed by atoms with E-state index in [1.54, 1.807) is 4.57 Å². The van der Waals surface area contributed by atoms with E-state index in [9.17, 15) is 14.4 Å². The number of aromatic nitrogens is 2. The summed E-state index contributed by atoms with van der Waals surface area (Å²) < 4.78 is 2.75. The van der Waals surface area contributed by atoms with Gasteiger partial charge < -0.3 is 15.1 Å². The highest BCUT2D eigenvalue weighted by atomic mass is 16.2. The molecule has 0 bridgehead atoms. The van der Waals surface area contributed by atoms with Crippen LogP contribution in [0.3, 0.4) is 0 Å². The SMILES string of the molecule is CCn1c(N2CCCC(C(=O)NCCC3CCN(C(C)C)CC3)C2)cc(=O)n(C)c1=O. The highest BCUT2D eigenvalue weighted by Gasteiger charge is 2.28. The smallest absolute Gasteiger partial charge is 0.332 e. The van der Waals surface area contributed by atoms with Crippen LogP contribution in [0, 0.1) is 11.8 Å². The van der Waals surface area contributed by atoms with E-state index in [1.165, 1.54) is 26.0 Å². The maximum atomic E-state index is 12.8. The minimum atomic E-state index is -0.306. The molecule has 1 amide bonds. The van der Waals surface area contributed by atoms with Gasteiger partial charge in [0.25, 0.3) is 5.56 Å². The van der Waals surface area contributed by atoms with Crippen LogP contribution in [0.25, 0.3) is 0 Å². The van der Waals surface area contributed by atoms with Crippen molar-refractivity contribution in [2.45, 2.75) is 65.5 Å². The van der Waals surface area contributed by atoms with Gasteiger partial charge in [-0.2, -0.15) is 0 Å². The van der Waals surface area contributed by atoms with Gasteiger partial charge in [0, 0.05) is 45.3 Å². The molecule has 174 valence electrons. The summed E-state index contributed by atoms with van der Waals surface area (Å²) in [6.45, 7) is 11.2. The number of nitrogens with zero attached hydrogens (tertiary/aromatic N) is 4. The van der Waals surface area contributed by atoms with E-state index in [0.29, 0.717) is 30.9 Å². The lowest BCUT2D eigenvalue weighted by molar-refractivity contribution is -0.125. The van der Waals surface area contributed by atoms with Crippen LogP contribution in [0.2, 0.25) is 0 Å². The lowest BCUT2D eigenvalue weighted by Gasteiger charge is -2.35. The zero-order valence-electron chi connectivity index (χ0n) is 19.6. The fraction of sp³-hybridized carbons (Fsp3) is 0.783. The Balaban J connectivity index is 1.53. The zero-order chi connectivity index (χ0) is 22.5. The molecule has 2 fully saturated rings. The molecule has 1 aromatic heterocycles. The summed E-state index contributed by atoms with van der Waals surface area (Å²) in [4.78, 5) is 42.0. The molecule has 0 radical (unpaired) electrons. The summed E-state index contributed by atoms with van der Waals surface area (Å²) in [7, 11) is 1.50. The minimum Gasteiger partial charge on any atom is -0.357 e. The second-order valence-corrected chi connectivity index (χ2v) is 9.36. The van der Waals surface area contributed by atoms with Crippen LogP contribution >= 0.6 is 0 Å². The van der Waals surface area contributed by atoms with Crippen molar-refractivity contribution in [3.63, 3.8) is 0 Å². The van der Waals surface area contributed by atoms with Crippen LogP contribution in [-0.4, -0.2) is 58.7 Å². The average Bonchev–Trinajstić information content (AvgIpc) is 2.77. The van der Waals surface area contributed by atoms with Gasteiger partial charge >= 0.3 is 5.69 Å². The van der Waals surface area contributed by atoms with E-state index in [1.807, 2.05) is 11.8 Å². The van der Waals surface area contributed by atoms with Gasteiger partial charge in [-0.3, -0.25) is 18.7 Å². The van der Waals surface area contributed by atoms with E-state index in [0.717, 1.165) is 50.0 Å². The molecule has 0 aliphatic carbocycles. The third-order valence-electron chi connectivity index (χ3n) is 7.04. The largest absolute Gasteiger partial charge is 0.357 e. The number of hydrogen-bond donors (Lipinski definition) is 1. The molecule has 1 aromatic rings. The number of rotatable bonds is 7. The number of likely N-dealkylation sites (tertiary alicyclic amines) is 1. The van der Waals surface area contributed by atoms with Crippen molar-refractivity contribution in [2.24, 2.45) is 18.9 Å². The zero-order valence-corrected chi connectivity index (χ0v) is 19.6. The van der Waals surface area contributed by atoms with Gasteiger partial charge in [0.15, 0.2) is 0 Å². The maximum absolute atomic E-state index is 12.8. The van der Waals surface area contributed by atoms with Crippen LogP contribution in [0.1, 0.15) is 52.9 Å². The second kappa shape index (κ2) is 10.5. The number of nitrogens with one attached hydrogen (secondary N) is 1. The first-order valence-electron chi connectivity index (χ1n) is 11.9. The van der Waals surface area contributed by atoms with Gasteiger partial charge in [-0.25, -0.2) is 4.79 Å². The number of carbonyl (C=O) groups is 1. The predicted octanol–water partition coefficient (Wildman–Crippen LogP) is 1.41. The monoisotopic (exact) mass is 433 g/mol. The van der Waals surface area contributed by atoms with Crippen LogP contribution < -0.4 is 21.5 Å². The molecule has 2 aliphatic rings. The normalized spacial score (nSPS) is 20.9. The van der Waals surface area contributed by atoms with Crippen molar-refractivity contribution in [2.75, 3.05) is 37.6 Å². The summed E-state index contributed by atoms with van der Waals surface area (Å²) in [6, 6.07) is 2.14. The van der Waals surface area contributed by atoms with Crippen molar-refractivity contribution in [3.05, 3.63) is 26.9 Å². The minimum absolute atomic E-state index is 0.0959. The fourth-order valence-electron chi connectivity index (χ4n) is 4.92. The quantitative estimate of drug-likeness (QED) is 0.703. The Morgan fingerprint density at radius 1 is 1.16 bits per heavy atom. The van der Waals surface area contributed by atoms with E-state index in [-0.39, 0.29) is 23.1 Å². The molecule has 0 aromatic carbocycles. The average molecular weight is 434 g/mol. The van der Waals surface area contributed by atoms with Crippen LogP contribution in [0.15, 0.2) is 15.7 Å². The molecule has 1 unspecified atom stereocenters. The molecule has 1 atom stereocenters. The molecule has 8 nitrogen and oxygen atoms in total. The highest BCUT2D eigenvalue weighted by molar-refractivity contribution is 5.79. The second-order valence-electron chi connectivity index (χ2n) is 9.36. The lowest BCUT2D eigenvalue weighted by atomic mass is 9.92. The van der Waals surface area contributed by atoms with E-state index < -0.39 is 0 Å². The molecule has 2 aliphatic heterocycles. The van der Waals surface area contributed by atoms with Gasteiger partial charge in [-0.15, -0.1) is 0 Å². The Morgan fingerprint density at radius 2 is 1.87 bits per heavy atom. The Labute approximate surface area is 185 Å². The molecule has 0 spiro atoms. The van der Waals surface area contributed by atoms with Crippen molar-refractivity contribution in [1.82, 2.24) is 19.4 Å². The van der Waals surface area contributed by atoms with Crippen molar-refractivity contribution >= 4 is 11.7 Å². The first-order chi connectivity index (χ1) is 14.8. The van der Waals surface area contributed by atoms with Crippen LogP contribution in [0.5, 0.6) is 0 Å². The molecule has 3 rings (SSSR count). The first kappa shape index (κ1) is 23.6. The molecule has 2 saturated heterocycles. The number of amides is 1. The molecule has 0 saturated carbocycles. The number of anilines is 1. The molecular formula is C23H39N5O3. The van der Waals surface area contributed by atoms with Crippen LogP contribution in [-0.2, 0) is 18.4 Å². The van der Waals surface area contributed by atoms with Gasteiger partial charge in [-0.1, -0.05) is 0 Å². The topological polar surface area (TPSA) is 79.6 Å². The molecule has 8 heteroatoms. The Kier molecular flexibility index (Phi) is 7.97. The third-order valence-corrected chi connectivity index (χ3v) is 7.04. The van der Waals surface area contributed by atoms with Gasteiger partial charge in [0.1, 0.15) is 5.82 Å². The standard InChI is InChI=1S/C23H39N5O3/c1-5-28-20(15-21(29)25(4)23(28)31)27-12-6-7-19(16-27)22(30)24-11-8-18-9-13-26(14-10-18)17(2)3/h15,17-19H,5-14,16H2,1-4H3,(H,24,30). The summed E-state index contributed by atoms with van der Waals surface area (Å²) in [5.41, 5.74) is -0.611. The third kappa shape index (κ3) is 5.59. The van der Waals surface area contributed by atoms with E-state index in [2.05, 4.69) is 24.1 Å². The summed E-state index contributed by atoms with van der Waals surface area (Å²) in [5.74, 6) is 1.31. The Bertz CT molecular complexity index is 867. The van der Waals surface area contributed by atoms with Crippen LogP contribution in [0.4, 0.5) is 5.82 Å². The maximum Gasteiger partial charge on any atom is 0.332 e. The molecule has 1 N–H and O–H groups in total. The van der Waals surface area contributed by atoms with Gasteiger partial charge in [-0.05, 0) is 71.9 Å². The molecule has 3 heterocycles. The Morgan fingerprint density at radius 3 is 2.52 bits per heavy atom. The van der Waals surface area contributed by atoms with Crippen molar-refractivity contribution < 1.29 is 4.79 Å². The van der Waals surface area contributed by atoms with E-state index in [4.69, 9.17) is 0 Å². The number of carbonyl (C=O) groups excluding carboxylic acids is 1.